The summed E-state index contributed by atoms with van der Waals surface area (Å²) in [5.74, 6) is 1.67. The first-order valence-corrected chi connectivity index (χ1v) is 7.72. The minimum absolute atomic E-state index is 0.824. The van der Waals surface area contributed by atoms with Gasteiger partial charge in [-0.15, -0.1) is 0 Å². The third kappa shape index (κ3) is 4.13. The second kappa shape index (κ2) is 8.16. The van der Waals surface area contributed by atoms with Crippen molar-refractivity contribution in [2.75, 3.05) is 21.3 Å². The molecule has 0 heterocycles. The average molecular weight is 321 g/mol. The first-order valence-electron chi connectivity index (χ1n) is 7.72. The number of hydrogen-bond donors (Lipinski definition) is 0. The van der Waals surface area contributed by atoms with Crippen molar-refractivity contribution in [1.82, 2.24) is 0 Å². The summed E-state index contributed by atoms with van der Waals surface area (Å²) in [5.41, 5.74) is 5.00. The molecule has 0 bridgehead atoms. The maximum absolute atomic E-state index is 5.20. The third-order valence-corrected chi connectivity index (χ3v) is 3.83. The zero-order valence-corrected chi connectivity index (χ0v) is 14.7. The van der Waals surface area contributed by atoms with Crippen LogP contribution in [0, 0.1) is 0 Å². The highest BCUT2D eigenvalue weighted by Crippen LogP contribution is 2.21. The summed E-state index contributed by atoms with van der Waals surface area (Å²) in [6, 6.07) is 15.8. The summed E-state index contributed by atoms with van der Waals surface area (Å²) in [7, 11) is 5.10. The van der Waals surface area contributed by atoms with Gasteiger partial charge in [0.15, 0.2) is 0 Å². The largest absolute Gasteiger partial charge is 0.497 e. The van der Waals surface area contributed by atoms with Crippen LogP contribution in [0.4, 0.5) is 0 Å². The van der Waals surface area contributed by atoms with Gasteiger partial charge in [-0.25, -0.2) is 0 Å². The summed E-state index contributed by atoms with van der Waals surface area (Å²) in [5, 5.41) is 0. The van der Waals surface area contributed by atoms with Gasteiger partial charge < -0.3 is 9.47 Å². The third-order valence-electron chi connectivity index (χ3n) is 3.83. The summed E-state index contributed by atoms with van der Waals surface area (Å²) in [6.07, 6.45) is 2.05. The molecule has 0 saturated carbocycles. The maximum Gasteiger partial charge on any atom is 0.118 e. The second-order valence-electron chi connectivity index (χ2n) is 5.38. The lowest BCUT2D eigenvalue weighted by Gasteiger charge is -2.09. The fraction of sp³-hybridized carbons (Fsp3) is 0.190. The van der Waals surface area contributed by atoms with Crippen LogP contribution in [0.25, 0.3) is 5.57 Å². The number of benzene rings is 2. The van der Waals surface area contributed by atoms with Crippen LogP contribution in [0.15, 0.2) is 71.8 Å². The van der Waals surface area contributed by atoms with E-state index in [1.54, 1.807) is 21.3 Å². The first-order chi connectivity index (χ1) is 11.6. The van der Waals surface area contributed by atoms with Gasteiger partial charge >= 0.3 is 0 Å². The molecule has 0 aliphatic rings. The van der Waals surface area contributed by atoms with E-state index in [-0.39, 0.29) is 0 Å². The summed E-state index contributed by atoms with van der Waals surface area (Å²) in [4.78, 5) is 4.40. The van der Waals surface area contributed by atoms with Crippen LogP contribution in [0.2, 0.25) is 0 Å². The molecule has 24 heavy (non-hydrogen) atoms. The fourth-order valence-electron chi connectivity index (χ4n) is 2.47. The second-order valence-corrected chi connectivity index (χ2v) is 5.38. The Kier molecular flexibility index (Phi) is 5.96. The van der Waals surface area contributed by atoms with Crippen LogP contribution < -0.4 is 9.47 Å². The monoisotopic (exact) mass is 321 g/mol. The van der Waals surface area contributed by atoms with Crippen molar-refractivity contribution in [3.8, 4) is 11.5 Å². The highest BCUT2D eigenvalue weighted by molar-refractivity contribution is 6.14. The molecule has 0 radical (unpaired) electrons. The Hall–Kier alpha value is -2.81. The van der Waals surface area contributed by atoms with Crippen LogP contribution >= 0.6 is 0 Å². The normalized spacial score (nSPS) is 12.0. The van der Waals surface area contributed by atoms with Gasteiger partial charge in [-0.05, 0) is 66.1 Å². The van der Waals surface area contributed by atoms with Crippen molar-refractivity contribution >= 4 is 11.3 Å². The molecule has 124 valence electrons. The van der Waals surface area contributed by atoms with E-state index in [4.69, 9.17) is 9.47 Å². The molecule has 0 spiro atoms. The molecule has 2 rings (SSSR count). The highest BCUT2D eigenvalue weighted by atomic mass is 16.5. The smallest absolute Gasteiger partial charge is 0.118 e. The van der Waals surface area contributed by atoms with Gasteiger partial charge in [0.25, 0.3) is 0 Å². The van der Waals surface area contributed by atoms with Crippen LogP contribution in [0.3, 0.4) is 0 Å². The minimum Gasteiger partial charge on any atom is -0.497 e. The Morgan fingerprint density at radius 1 is 0.875 bits per heavy atom. The number of ether oxygens (including phenoxy) is 2. The van der Waals surface area contributed by atoms with Gasteiger partial charge in [0.2, 0.25) is 0 Å². The lowest BCUT2D eigenvalue weighted by molar-refractivity contribution is 0.414. The topological polar surface area (TPSA) is 30.8 Å². The molecule has 3 nitrogen and oxygen atoms in total. The van der Waals surface area contributed by atoms with Gasteiger partial charge in [0, 0.05) is 12.6 Å². The molecule has 0 fully saturated rings. The van der Waals surface area contributed by atoms with E-state index in [1.807, 2.05) is 54.6 Å². The van der Waals surface area contributed by atoms with Crippen LogP contribution in [0.1, 0.15) is 18.1 Å². The molecular weight excluding hydrogens is 298 g/mol. The van der Waals surface area contributed by atoms with Gasteiger partial charge in [0.05, 0.1) is 19.9 Å². The van der Waals surface area contributed by atoms with Crippen molar-refractivity contribution < 1.29 is 9.47 Å². The highest BCUT2D eigenvalue weighted by Gasteiger charge is 2.07. The standard InChI is InChI=1S/C21H23NO2/c1-15(17-6-10-19(23-4)11-7-17)14-16(2)21(22-3)18-8-12-20(24-5)13-9-18/h6-14H,2H2,1,3-5H3/b15-14+,22-21?. The van der Waals surface area contributed by atoms with Crippen molar-refractivity contribution in [3.63, 3.8) is 0 Å². The molecular formula is C21H23NO2. The van der Waals surface area contributed by atoms with Gasteiger partial charge in [-0.1, -0.05) is 18.7 Å². The van der Waals surface area contributed by atoms with E-state index in [1.165, 1.54) is 0 Å². The fourth-order valence-corrected chi connectivity index (χ4v) is 2.47. The summed E-state index contributed by atoms with van der Waals surface area (Å²) in [6.45, 7) is 6.24. The maximum atomic E-state index is 5.20. The number of allylic oxidation sites excluding steroid dienone is 3. The van der Waals surface area contributed by atoms with Crippen molar-refractivity contribution in [1.29, 1.82) is 0 Å². The molecule has 0 aliphatic carbocycles. The van der Waals surface area contributed by atoms with E-state index < -0.39 is 0 Å². The lowest BCUT2D eigenvalue weighted by Crippen LogP contribution is -2.03. The van der Waals surface area contributed by atoms with Crippen molar-refractivity contribution in [2.24, 2.45) is 4.99 Å². The Morgan fingerprint density at radius 3 is 1.75 bits per heavy atom. The Labute approximate surface area is 144 Å². The van der Waals surface area contributed by atoms with E-state index in [9.17, 15) is 0 Å². The molecule has 0 aliphatic heterocycles. The molecule has 0 saturated heterocycles. The number of hydrogen-bond acceptors (Lipinski definition) is 3. The van der Waals surface area contributed by atoms with E-state index in [0.29, 0.717) is 0 Å². The number of nitrogens with zero attached hydrogens (tertiary/aromatic N) is 1. The number of aliphatic imine (C=N–C) groups is 1. The molecule has 2 aromatic carbocycles. The number of rotatable bonds is 6. The van der Waals surface area contributed by atoms with Gasteiger partial charge in [-0.2, -0.15) is 0 Å². The Balaban J connectivity index is 2.23. The lowest BCUT2D eigenvalue weighted by atomic mass is 9.99. The molecule has 3 heteroatoms. The van der Waals surface area contributed by atoms with Crippen LogP contribution in [0.5, 0.6) is 11.5 Å². The van der Waals surface area contributed by atoms with Gasteiger partial charge in [0.1, 0.15) is 11.5 Å². The predicted octanol–water partition coefficient (Wildman–Crippen LogP) is 4.78. The van der Waals surface area contributed by atoms with Crippen molar-refractivity contribution in [2.45, 2.75) is 6.92 Å². The van der Waals surface area contributed by atoms with E-state index >= 15 is 0 Å². The summed E-state index contributed by atoms with van der Waals surface area (Å²) >= 11 is 0. The molecule has 0 N–H and O–H groups in total. The van der Waals surface area contributed by atoms with Gasteiger partial charge in [-0.3, -0.25) is 4.99 Å². The van der Waals surface area contributed by atoms with E-state index in [2.05, 4.69) is 18.5 Å². The predicted molar refractivity (Wildman–Crippen MR) is 101 cm³/mol. The Morgan fingerprint density at radius 2 is 1.33 bits per heavy atom. The Bertz CT molecular complexity index is 753. The van der Waals surface area contributed by atoms with Crippen LogP contribution in [-0.4, -0.2) is 27.0 Å². The zero-order valence-electron chi connectivity index (χ0n) is 14.7. The van der Waals surface area contributed by atoms with Crippen molar-refractivity contribution in [3.05, 3.63) is 77.9 Å². The first kappa shape index (κ1) is 17.5. The average Bonchev–Trinajstić information content (AvgIpc) is 2.63. The molecule has 2 aromatic rings. The minimum atomic E-state index is 0.824. The molecule has 0 atom stereocenters. The number of methoxy groups -OCH3 is 2. The quantitative estimate of drug-likeness (QED) is 0.566. The summed E-state index contributed by atoms with van der Waals surface area (Å²) < 4.78 is 10.4. The molecule has 0 aromatic heterocycles. The van der Waals surface area contributed by atoms with E-state index in [0.717, 1.165) is 39.5 Å². The zero-order chi connectivity index (χ0) is 17.5. The molecule has 0 unspecified atom stereocenters. The van der Waals surface area contributed by atoms with Crippen LogP contribution in [-0.2, 0) is 0 Å². The molecule has 0 amide bonds. The SMILES string of the molecule is C=C(/C=C(\C)c1ccc(OC)cc1)C(=NC)c1ccc(OC)cc1.